The molecule has 0 saturated carbocycles. The number of fused-ring (bicyclic) bond motifs is 1. The summed E-state index contributed by atoms with van der Waals surface area (Å²) >= 11 is 0. The molecule has 0 radical (unpaired) electrons. The highest BCUT2D eigenvalue weighted by molar-refractivity contribution is 7.49. The first-order chi connectivity index (χ1) is 17.2. The maximum atomic E-state index is 13.0. The zero-order valence-electron chi connectivity index (χ0n) is 19.1. The Morgan fingerprint density at radius 1 is 1.17 bits per heavy atom. The lowest BCUT2D eigenvalue weighted by atomic mass is 10.0. The summed E-state index contributed by atoms with van der Waals surface area (Å²) in [7, 11) is -3.92. The summed E-state index contributed by atoms with van der Waals surface area (Å²) < 4.78 is 36.5. The summed E-state index contributed by atoms with van der Waals surface area (Å²) in [4.78, 5) is 25.9. The fourth-order valence-electron chi connectivity index (χ4n) is 3.89. The molecule has 0 fully saturated rings. The number of phenols is 1. The first-order valence-corrected chi connectivity index (χ1v) is 12.5. The number of ether oxygens (including phenoxy) is 1. The van der Waals surface area contributed by atoms with Crippen molar-refractivity contribution in [2.45, 2.75) is 32.5 Å². The molecular formula is C24H23N2O9P. The van der Waals surface area contributed by atoms with Crippen molar-refractivity contribution >= 4 is 7.82 Å². The summed E-state index contributed by atoms with van der Waals surface area (Å²) in [6.07, 6.45) is 3.33. The fourth-order valence-corrected chi connectivity index (χ4v) is 5.12. The van der Waals surface area contributed by atoms with E-state index in [1.807, 2.05) is 6.07 Å². The molecule has 0 saturated heterocycles. The number of hydrogen-bond acceptors (Lipinski definition) is 9. The Morgan fingerprint density at radius 2 is 1.94 bits per heavy atom. The third kappa shape index (κ3) is 4.79. The molecule has 3 heterocycles. The lowest BCUT2D eigenvalue weighted by molar-refractivity contribution is -0.0130. The van der Waals surface area contributed by atoms with Crippen molar-refractivity contribution in [2.24, 2.45) is 0 Å². The number of aliphatic hydroxyl groups is 1. The van der Waals surface area contributed by atoms with Crippen LogP contribution in [0, 0.1) is 6.92 Å². The van der Waals surface area contributed by atoms with Crippen LogP contribution >= 0.6 is 7.82 Å². The number of aromatic hydroxyl groups is 1. The molecule has 0 aliphatic carbocycles. The standard InChI is InChI=1S/C24H23N2O9P/c1-14-10-26(24(30)25-23(14)29)22-7-4-19(34-22)13-33-36(31)32-12-18-9-16(3-6-21(18)35-36)15-2-5-20(28)17(8-15)11-27/h2-10,19,22,27-28H,11-13H2,1H3,(H,25,29,30)/t19?,22-,36?/m0/s1. The van der Waals surface area contributed by atoms with Crippen LogP contribution in [0.3, 0.4) is 0 Å². The predicted octanol–water partition coefficient (Wildman–Crippen LogP) is 2.90. The SMILES string of the molecule is Cc1cn([C@@H]2C=CC(COP3(=O)OCc4cc(-c5ccc(O)c(CO)c5)ccc4O3)O2)c(=O)[nH]c1=O. The third-order valence-corrected chi connectivity index (χ3v) is 7.18. The van der Waals surface area contributed by atoms with Gasteiger partial charge in [0.2, 0.25) is 0 Å². The lowest BCUT2D eigenvalue weighted by Crippen LogP contribution is -2.33. The minimum absolute atomic E-state index is 0.0113. The molecule has 11 nitrogen and oxygen atoms in total. The molecule has 2 aliphatic rings. The monoisotopic (exact) mass is 514 g/mol. The molecule has 0 amide bonds. The van der Waals surface area contributed by atoms with Crippen LogP contribution in [-0.2, 0) is 31.6 Å². The van der Waals surface area contributed by atoms with Crippen LogP contribution in [0.15, 0.2) is 64.3 Å². The molecule has 1 aromatic heterocycles. The van der Waals surface area contributed by atoms with Gasteiger partial charge < -0.3 is 19.5 Å². The normalized spacial score (nSPS) is 22.8. The van der Waals surface area contributed by atoms with Gasteiger partial charge in [-0.25, -0.2) is 9.36 Å². The van der Waals surface area contributed by atoms with E-state index in [1.165, 1.54) is 16.8 Å². The van der Waals surface area contributed by atoms with Gasteiger partial charge in [-0.2, -0.15) is 0 Å². The second-order valence-electron chi connectivity index (χ2n) is 8.36. The Hall–Kier alpha value is -3.47. The van der Waals surface area contributed by atoms with E-state index in [0.29, 0.717) is 22.4 Å². The van der Waals surface area contributed by atoms with Gasteiger partial charge >= 0.3 is 13.5 Å². The van der Waals surface area contributed by atoms with Gasteiger partial charge in [0.25, 0.3) is 5.56 Å². The number of benzene rings is 2. The van der Waals surface area contributed by atoms with Crippen molar-refractivity contribution in [3.05, 3.63) is 92.3 Å². The van der Waals surface area contributed by atoms with Crippen molar-refractivity contribution in [1.29, 1.82) is 0 Å². The molecule has 3 N–H and O–H groups in total. The number of nitrogens with zero attached hydrogens (tertiary/aromatic N) is 1. The smallest absolute Gasteiger partial charge is 0.508 e. The number of aryl methyl sites for hydroxylation is 1. The number of aliphatic hydroxyl groups excluding tert-OH is 1. The van der Waals surface area contributed by atoms with E-state index in [2.05, 4.69) is 4.98 Å². The van der Waals surface area contributed by atoms with Gasteiger partial charge in [0.15, 0.2) is 6.23 Å². The molecule has 0 spiro atoms. The van der Waals surface area contributed by atoms with E-state index < -0.39 is 31.4 Å². The van der Waals surface area contributed by atoms with Crippen molar-refractivity contribution < 1.29 is 33.1 Å². The second-order valence-corrected chi connectivity index (χ2v) is 9.95. The number of nitrogens with one attached hydrogen (secondary N) is 1. The number of H-pyrrole nitrogens is 1. The van der Waals surface area contributed by atoms with Gasteiger partial charge in [0.05, 0.1) is 19.8 Å². The van der Waals surface area contributed by atoms with Gasteiger partial charge in [-0.3, -0.25) is 23.4 Å². The fraction of sp³-hybridized carbons (Fsp3) is 0.250. The van der Waals surface area contributed by atoms with E-state index in [-0.39, 0.29) is 25.6 Å². The summed E-state index contributed by atoms with van der Waals surface area (Å²) in [5.41, 5.74) is 1.93. The number of aromatic amines is 1. The molecule has 3 aromatic rings. The molecule has 188 valence electrons. The zero-order valence-corrected chi connectivity index (χ0v) is 20.0. The van der Waals surface area contributed by atoms with Crippen molar-refractivity contribution in [3.63, 3.8) is 0 Å². The number of hydrogen-bond donors (Lipinski definition) is 3. The maximum absolute atomic E-state index is 13.0. The Labute approximate surface area is 204 Å². The molecule has 5 rings (SSSR count). The van der Waals surface area contributed by atoms with Gasteiger partial charge in [-0.15, -0.1) is 0 Å². The second kappa shape index (κ2) is 9.53. The lowest BCUT2D eigenvalue weighted by Gasteiger charge is -2.26. The largest absolute Gasteiger partial charge is 0.530 e. The summed E-state index contributed by atoms with van der Waals surface area (Å²) in [5.74, 6) is 0.364. The van der Waals surface area contributed by atoms with Gasteiger partial charge in [-0.1, -0.05) is 18.2 Å². The maximum Gasteiger partial charge on any atom is 0.530 e. The summed E-state index contributed by atoms with van der Waals surface area (Å²) in [6.45, 7) is 1.13. The average molecular weight is 514 g/mol. The van der Waals surface area contributed by atoms with Crippen molar-refractivity contribution in [1.82, 2.24) is 9.55 Å². The molecule has 3 atom stereocenters. The minimum Gasteiger partial charge on any atom is -0.508 e. The van der Waals surface area contributed by atoms with Crippen LogP contribution < -0.4 is 15.8 Å². The van der Waals surface area contributed by atoms with E-state index in [4.69, 9.17) is 18.3 Å². The Balaban J connectivity index is 1.23. The summed E-state index contributed by atoms with van der Waals surface area (Å²) in [5, 5.41) is 19.2. The topological polar surface area (TPSA) is 149 Å². The highest BCUT2D eigenvalue weighted by Crippen LogP contribution is 2.55. The average Bonchev–Trinajstić information content (AvgIpc) is 3.34. The quantitative estimate of drug-likeness (QED) is 0.333. The number of phosphoric ester groups is 1. The zero-order chi connectivity index (χ0) is 25.4. The van der Waals surface area contributed by atoms with Crippen LogP contribution in [0.1, 0.15) is 22.9 Å². The highest BCUT2D eigenvalue weighted by Gasteiger charge is 2.36. The molecule has 0 bridgehead atoms. The predicted molar refractivity (Wildman–Crippen MR) is 128 cm³/mol. The highest BCUT2D eigenvalue weighted by atomic mass is 31.2. The Bertz CT molecular complexity index is 1510. The molecule has 2 aliphatic heterocycles. The van der Waals surface area contributed by atoms with Gasteiger partial charge in [-0.05, 0) is 48.4 Å². The Morgan fingerprint density at radius 3 is 2.75 bits per heavy atom. The van der Waals surface area contributed by atoms with Crippen LogP contribution in [0.2, 0.25) is 0 Å². The molecular weight excluding hydrogens is 491 g/mol. The first-order valence-electron chi connectivity index (χ1n) is 11.1. The Kier molecular flexibility index (Phi) is 6.42. The van der Waals surface area contributed by atoms with E-state index in [0.717, 1.165) is 11.1 Å². The molecule has 2 aromatic carbocycles. The van der Waals surface area contributed by atoms with Crippen LogP contribution in [0.5, 0.6) is 11.5 Å². The number of rotatable bonds is 6. The van der Waals surface area contributed by atoms with Crippen LogP contribution in [0.25, 0.3) is 11.1 Å². The molecule has 12 heteroatoms. The third-order valence-electron chi connectivity index (χ3n) is 5.85. The van der Waals surface area contributed by atoms with E-state index in [9.17, 15) is 24.4 Å². The number of phosphoric acid groups is 1. The summed E-state index contributed by atoms with van der Waals surface area (Å²) in [6, 6.07) is 10.1. The van der Waals surface area contributed by atoms with Gasteiger partial charge in [0.1, 0.15) is 17.6 Å². The van der Waals surface area contributed by atoms with Gasteiger partial charge in [0, 0.05) is 22.9 Å². The van der Waals surface area contributed by atoms with Crippen LogP contribution in [-0.4, -0.2) is 32.5 Å². The van der Waals surface area contributed by atoms with Crippen LogP contribution in [0.4, 0.5) is 0 Å². The van der Waals surface area contributed by atoms with Crippen molar-refractivity contribution in [2.75, 3.05) is 6.61 Å². The van der Waals surface area contributed by atoms with Crippen molar-refractivity contribution in [3.8, 4) is 22.6 Å². The number of aromatic nitrogens is 2. The minimum atomic E-state index is -3.92. The molecule has 36 heavy (non-hydrogen) atoms. The molecule has 2 unspecified atom stereocenters. The van der Waals surface area contributed by atoms with E-state index >= 15 is 0 Å². The first kappa shape index (κ1) is 24.2. The van der Waals surface area contributed by atoms with E-state index in [1.54, 1.807) is 43.3 Å².